The summed E-state index contributed by atoms with van der Waals surface area (Å²) in [7, 11) is 0. The topological polar surface area (TPSA) is 17.1 Å². The van der Waals surface area contributed by atoms with Crippen LogP contribution in [0.1, 0.15) is 19.8 Å². The zero-order valence-electron chi connectivity index (χ0n) is 11.7. The highest BCUT2D eigenvalue weighted by Crippen LogP contribution is 2.60. The average molecular weight is 402 g/mol. The summed E-state index contributed by atoms with van der Waals surface area (Å²) in [6.07, 6.45) is -11.2. The molecular weight excluding hydrogens is 395 g/mol. The predicted molar refractivity (Wildman–Crippen MR) is 54.9 cm³/mol. The van der Waals surface area contributed by atoms with Crippen LogP contribution in [0.15, 0.2) is 5.57 Å². The number of carbonyl (C=O) groups excluding carboxylic acids is 1. The van der Waals surface area contributed by atoms with Gasteiger partial charge in [0.05, 0.1) is 0 Å². The van der Waals surface area contributed by atoms with E-state index in [2.05, 4.69) is 0 Å². The molecule has 0 saturated carbocycles. The summed E-state index contributed by atoms with van der Waals surface area (Å²) in [5, 5.41) is 0. The molecule has 14 heteroatoms. The molecule has 25 heavy (non-hydrogen) atoms. The second kappa shape index (κ2) is 6.36. The molecule has 0 aromatic heterocycles. The summed E-state index contributed by atoms with van der Waals surface area (Å²) in [6.45, 7) is 0.714. The second-order valence-corrected chi connectivity index (χ2v) is 4.88. The number of allylic oxidation sites excluding steroid dienone is 1. The van der Waals surface area contributed by atoms with E-state index in [4.69, 9.17) is 0 Å². The molecule has 0 unspecified atom stereocenters. The maximum Gasteiger partial charge on any atom is 0.460 e. The minimum atomic E-state index is -7.90. The van der Waals surface area contributed by atoms with E-state index in [0.717, 1.165) is 5.94 Å². The van der Waals surface area contributed by atoms with Crippen LogP contribution in [0.3, 0.4) is 0 Å². The maximum atomic E-state index is 13.2. The predicted octanol–water partition coefficient (Wildman–Crippen LogP) is 5.28. The molecule has 0 aromatic carbocycles. The van der Waals surface area contributed by atoms with Crippen molar-refractivity contribution in [1.82, 2.24) is 0 Å². The summed E-state index contributed by atoms with van der Waals surface area (Å²) < 4.78 is 165. The lowest BCUT2D eigenvalue weighted by Crippen LogP contribution is -2.70. The van der Waals surface area contributed by atoms with Crippen LogP contribution < -0.4 is 0 Å². The third kappa shape index (κ3) is 3.58. The lowest BCUT2D eigenvalue weighted by atomic mass is 9.91. The van der Waals surface area contributed by atoms with Crippen LogP contribution >= 0.6 is 0 Å². The van der Waals surface area contributed by atoms with E-state index in [1.807, 2.05) is 0 Å². The van der Waals surface area contributed by atoms with E-state index in [1.54, 1.807) is 0 Å². The van der Waals surface area contributed by atoms with Gasteiger partial charge in [-0.3, -0.25) is 0 Å². The lowest BCUT2D eigenvalue weighted by molar-refractivity contribution is -0.440. The van der Waals surface area contributed by atoms with Gasteiger partial charge in [-0.25, -0.2) is 4.79 Å². The number of hydrogen-bond acceptors (Lipinski definition) is 1. The lowest BCUT2D eigenvalue weighted by Gasteiger charge is -2.39. The van der Waals surface area contributed by atoms with Crippen LogP contribution in [0.25, 0.3) is 0 Å². The van der Waals surface area contributed by atoms with Crippen molar-refractivity contribution < 1.29 is 61.9 Å². The van der Waals surface area contributed by atoms with Gasteiger partial charge in [-0.15, -0.1) is 0 Å². The van der Waals surface area contributed by atoms with E-state index >= 15 is 0 Å². The van der Waals surface area contributed by atoms with Gasteiger partial charge >= 0.3 is 35.8 Å². The molecule has 0 saturated heterocycles. The van der Waals surface area contributed by atoms with E-state index < -0.39 is 54.2 Å². The van der Waals surface area contributed by atoms with Crippen LogP contribution in [-0.4, -0.2) is 41.7 Å². The highest BCUT2D eigenvalue weighted by molar-refractivity contribution is 5.51. The highest BCUT2D eigenvalue weighted by atomic mass is 19.4. The van der Waals surface area contributed by atoms with E-state index in [9.17, 15) is 61.9 Å². The Kier molecular flexibility index (Phi) is 5.99. The number of rotatable bonds is 7. The van der Waals surface area contributed by atoms with Crippen molar-refractivity contribution >= 4 is 5.94 Å². The van der Waals surface area contributed by atoms with Gasteiger partial charge in [-0.2, -0.15) is 57.1 Å². The number of halogens is 13. The van der Waals surface area contributed by atoms with E-state index in [-0.39, 0.29) is 0 Å². The third-order valence-corrected chi connectivity index (χ3v) is 2.99. The van der Waals surface area contributed by atoms with Crippen LogP contribution in [0.4, 0.5) is 57.1 Å². The first-order chi connectivity index (χ1) is 10.7. The Hall–Kier alpha value is -1.46. The maximum absolute atomic E-state index is 13.2. The van der Waals surface area contributed by atoms with Crippen molar-refractivity contribution in [2.45, 2.75) is 55.6 Å². The molecule has 0 spiro atoms. The molecule has 0 aliphatic rings. The Morgan fingerprint density at radius 1 is 0.680 bits per heavy atom. The molecular formula is C11H7F13O. The standard InChI is InChI=1S/C11H7F13O/c1-5(4-25)2-3-6(12,13)7(14,15)8(16,17)9(18,19)10(20,21)11(22,23)24/h2-3H2,1H3. The Balaban J connectivity index is 6.07. The molecule has 0 aliphatic heterocycles. The van der Waals surface area contributed by atoms with Crippen molar-refractivity contribution in [3.05, 3.63) is 5.57 Å². The van der Waals surface area contributed by atoms with Gasteiger partial charge in [0.25, 0.3) is 0 Å². The van der Waals surface area contributed by atoms with Gasteiger partial charge in [-0.05, 0) is 13.3 Å². The number of hydrogen-bond donors (Lipinski definition) is 0. The highest BCUT2D eigenvalue weighted by Gasteiger charge is 2.90. The summed E-state index contributed by atoms with van der Waals surface area (Å²) in [6, 6.07) is 0. The van der Waals surface area contributed by atoms with Gasteiger partial charge < -0.3 is 0 Å². The molecule has 0 radical (unpaired) electrons. The summed E-state index contributed by atoms with van der Waals surface area (Å²) in [4.78, 5) is 9.98. The first-order valence-corrected chi connectivity index (χ1v) is 5.87. The Morgan fingerprint density at radius 3 is 1.36 bits per heavy atom. The van der Waals surface area contributed by atoms with Crippen molar-refractivity contribution in [1.29, 1.82) is 0 Å². The largest absolute Gasteiger partial charge is 0.460 e. The minimum Gasteiger partial charge on any atom is -0.234 e. The SMILES string of the molecule is CC(=C=O)CCC(F)(F)C(F)(F)C(F)(F)C(F)(F)C(F)(F)C(F)(F)F. The van der Waals surface area contributed by atoms with Crippen LogP contribution in [0.5, 0.6) is 0 Å². The first-order valence-electron chi connectivity index (χ1n) is 5.87. The second-order valence-electron chi connectivity index (χ2n) is 4.88. The Morgan fingerprint density at radius 2 is 1.04 bits per heavy atom. The van der Waals surface area contributed by atoms with Gasteiger partial charge in [0.1, 0.15) is 5.94 Å². The normalized spacial score (nSPS) is 15.1. The van der Waals surface area contributed by atoms with Gasteiger partial charge in [0.2, 0.25) is 0 Å². The quantitative estimate of drug-likeness (QED) is 0.418. The molecule has 0 fully saturated rings. The van der Waals surface area contributed by atoms with Gasteiger partial charge in [-0.1, -0.05) is 0 Å². The van der Waals surface area contributed by atoms with Crippen molar-refractivity contribution in [3.63, 3.8) is 0 Å². The van der Waals surface area contributed by atoms with Crippen LogP contribution in [0.2, 0.25) is 0 Å². The van der Waals surface area contributed by atoms with Crippen molar-refractivity contribution in [2.24, 2.45) is 0 Å². The van der Waals surface area contributed by atoms with Crippen LogP contribution in [-0.2, 0) is 4.79 Å². The molecule has 0 rings (SSSR count). The molecule has 0 heterocycles. The van der Waals surface area contributed by atoms with E-state index in [1.165, 1.54) is 0 Å². The summed E-state index contributed by atoms with van der Waals surface area (Å²) >= 11 is 0. The monoisotopic (exact) mass is 402 g/mol. The molecule has 0 aromatic rings. The van der Waals surface area contributed by atoms with E-state index in [0.29, 0.717) is 6.92 Å². The zero-order chi connectivity index (χ0) is 20.7. The minimum absolute atomic E-state index is 0.714. The fraction of sp³-hybridized carbons (Fsp3) is 0.818. The fourth-order valence-electron chi connectivity index (χ4n) is 1.35. The molecule has 1 nitrogen and oxygen atoms in total. The molecule has 0 amide bonds. The molecule has 148 valence electrons. The molecule has 0 N–H and O–H groups in total. The smallest absolute Gasteiger partial charge is 0.234 e. The fourth-order valence-corrected chi connectivity index (χ4v) is 1.35. The Labute approximate surface area is 130 Å². The van der Waals surface area contributed by atoms with Crippen molar-refractivity contribution in [3.8, 4) is 0 Å². The number of alkyl halides is 13. The van der Waals surface area contributed by atoms with Gasteiger partial charge in [0.15, 0.2) is 0 Å². The Bertz CT molecular complexity index is 539. The summed E-state index contributed by atoms with van der Waals surface area (Å²) in [5.74, 6) is -36.0. The summed E-state index contributed by atoms with van der Waals surface area (Å²) in [5.41, 5.74) is -0.744. The van der Waals surface area contributed by atoms with Gasteiger partial charge in [0, 0.05) is 12.0 Å². The average Bonchev–Trinajstić information content (AvgIpc) is 2.42. The molecule has 0 aliphatic carbocycles. The zero-order valence-corrected chi connectivity index (χ0v) is 11.7. The first kappa shape index (κ1) is 23.5. The molecule has 0 atom stereocenters. The van der Waals surface area contributed by atoms with Crippen LogP contribution in [0, 0.1) is 0 Å². The third-order valence-electron chi connectivity index (χ3n) is 2.99. The molecule has 0 bridgehead atoms. The van der Waals surface area contributed by atoms with Crippen molar-refractivity contribution in [2.75, 3.05) is 0 Å².